The topological polar surface area (TPSA) is 75.2 Å². The lowest BCUT2D eigenvalue weighted by Crippen LogP contribution is -2.41. The average molecular weight is 525 g/mol. The third-order valence-electron chi connectivity index (χ3n) is 8.09. The van der Waals surface area contributed by atoms with Crippen LogP contribution < -0.4 is 14.8 Å². The van der Waals surface area contributed by atoms with E-state index in [1.165, 1.54) is 22.3 Å². The molecule has 0 bridgehead atoms. The second-order valence-electron chi connectivity index (χ2n) is 11.1. The Morgan fingerprint density at radius 2 is 1.54 bits per heavy atom. The van der Waals surface area contributed by atoms with Crippen molar-refractivity contribution in [1.82, 2.24) is 5.32 Å². The molecule has 1 N–H and O–H groups in total. The Balaban J connectivity index is 1.17. The molecule has 200 valence electrons. The highest BCUT2D eigenvalue weighted by Gasteiger charge is 2.52. The Bertz CT molecular complexity index is 1390. The summed E-state index contributed by atoms with van der Waals surface area (Å²) in [6, 6.07) is 22.3. The van der Waals surface area contributed by atoms with E-state index in [4.69, 9.17) is 23.5 Å². The van der Waals surface area contributed by atoms with E-state index in [0.29, 0.717) is 11.5 Å². The second kappa shape index (κ2) is 9.77. The van der Waals surface area contributed by atoms with E-state index >= 15 is 0 Å². The number of hydrogen-bond acceptors (Lipinski definition) is 6. The van der Waals surface area contributed by atoms with Crippen molar-refractivity contribution in [2.45, 2.75) is 44.8 Å². The maximum atomic E-state index is 12.9. The molecule has 1 fully saturated rings. The Morgan fingerprint density at radius 3 is 2.21 bits per heavy atom. The maximum Gasteiger partial charge on any atom is 0.492 e. The molecule has 0 saturated carbocycles. The number of rotatable bonds is 6. The SMILES string of the molecule is CC1(C)OB(C(=Cc2ccc3c(c2)OCO3)CNC(=O)OCC2c3ccccc3-c3ccccc32)OC1(C)C. The van der Waals surface area contributed by atoms with Crippen LogP contribution in [-0.4, -0.2) is 44.4 Å². The van der Waals surface area contributed by atoms with Crippen molar-refractivity contribution in [3.8, 4) is 22.6 Å². The van der Waals surface area contributed by atoms with E-state index in [9.17, 15) is 4.79 Å². The monoisotopic (exact) mass is 525 g/mol. The van der Waals surface area contributed by atoms with Gasteiger partial charge < -0.3 is 28.8 Å². The first-order valence-corrected chi connectivity index (χ1v) is 13.3. The molecule has 0 atom stereocenters. The zero-order valence-electron chi connectivity index (χ0n) is 22.7. The van der Waals surface area contributed by atoms with E-state index in [1.54, 1.807) is 0 Å². The number of carbonyl (C=O) groups excluding carboxylic acids is 1. The summed E-state index contributed by atoms with van der Waals surface area (Å²) in [6.45, 7) is 8.66. The first-order chi connectivity index (χ1) is 18.7. The molecule has 8 heteroatoms. The quantitative estimate of drug-likeness (QED) is 0.400. The summed E-state index contributed by atoms with van der Waals surface area (Å²) in [7, 11) is -0.630. The van der Waals surface area contributed by atoms with Crippen molar-refractivity contribution < 1.29 is 28.3 Å². The summed E-state index contributed by atoms with van der Waals surface area (Å²) in [4.78, 5) is 12.9. The molecule has 2 aliphatic heterocycles. The van der Waals surface area contributed by atoms with E-state index in [-0.39, 0.29) is 25.9 Å². The van der Waals surface area contributed by atoms with Crippen molar-refractivity contribution in [2.75, 3.05) is 19.9 Å². The van der Waals surface area contributed by atoms with Gasteiger partial charge >= 0.3 is 13.2 Å². The fraction of sp³-hybridized carbons (Fsp3) is 0.323. The van der Waals surface area contributed by atoms with Gasteiger partial charge in [0.1, 0.15) is 6.61 Å². The Hall–Kier alpha value is -3.75. The minimum Gasteiger partial charge on any atom is -0.454 e. The van der Waals surface area contributed by atoms with Crippen molar-refractivity contribution in [1.29, 1.82) is 0 Å². The van der Waals surface area contributed by atoms with E-state index in [1.807, 2.05) is 76.2 Å². The van der Waals surface area contributed by atoms with Gasteiger partial charge in [-0.3, -0.25) is 0 Å². The molecule has 2 heterocycles. The van der Waals surface area contributed by atoms with Crippen molar-refractivity contribution in [3.63, 3.8) is 0 Å². The summed E-state index contributed by atoms with van der Waals surface area (Å²) >= 11 is 0. The van der Waals surface area contributed by atoms with Gasteiger partial charge in [-0.2, -0.15) is 0 Å². The molecule has 0 radical (unpaired) electrons. The van der Waals surface area contributed by atoms with Gasteiger partial charge in [0, 0.05) is 12.5 Å². The van der Waals surface area contributed by atoms with Gasteiger partial charge in [0.2, 0.25) is 6.79 Å². The third kappa shape index (κ3) is 4.79. The van der Waals surface area contributed by atoms with Crippen LogP contribution in [-0.2, 0) is 14.0 Å². The minimum atomic E-state index is -0.630. The van der Waals surface area contributed by atoms with Crippen molar-refractivity contribution in [3.05, 3.63) is 88.9 Å². The summed E-state index contributed by atoms with van der Waals surface area (Å²) in [6.07, 6.45) is 1.46. The fourth-order valence-corrected chi connectivity index (χ4v) is 5.24. The van der Waals surface area contributed by atoms with Crippen LogP contribution in [0.2, 0.25) is 0 Å². The summed E-state index contributed by atoms with van der Waals surface area (Å²) in [5.74, 6) is 1.39. The number of ether oxygens (including phenoxy) is 3. The standard InChI is InChI=1S/C31H32BNO6/c1-30(2)31(3,4)39-32(38-30)21(15-20-13-14-27-28(16-20)37-19-36-27)17-33-29(34)35-18-26-24-11-7-5-9-22(24)23-10-6-8-12-25(23)26/h5-16,26H,17-19H2,1-4H3,(H,33,34). The highest BCUT2D eigenvalue weighted by molar-refractivity contribution is 6.56. The normalized spacial score (nSPS) is 18.6. The predicted octanol–water partition coefficient (Wildman–Crippen LogP) is 5.97. The number of fused-ring (bicyclic) bond motifs is 4. The predicted molar refractivity (Wildman–Crippen MR) is 150 cm³/mol. The maximum absolute atomic E-state index is 12.9. The summed E-state index contributed by atoms with van der Waals surface area (Å²) in [5, 5.41) is 2.91. The first kappa shape index (κ1) is 25.5. The number of hydrogen-bond donors (Lipinski definition) is 1. The average Bonchev–Trinajstić information content (AvgIpc) is 3.57. The van der Waals surface area contributed by atoms with Crippen LogP contribution >= 0.6 is 0 Å². The molecule has 3 aromatic rings. The van der Waals surface area contributed by atoms with Crippen LogP contribution in [0.5, 0.6) is 11.5 Å². The number of nitrogens with one attached hydrogen (secondary N) is 1. The van der Waals surface area contributed by atoms with Crippen LogP contribution in [0.15, 0.2) is 72.2 Å². The number of amides is 1. The van der Waals surface area contributed by atoms with Gasteiger partial charge in [-0.1, -0.05) is 60.7 Å². The molecule has 6 rings (SSSR count). The van der Waals surface area contributed by atoms with Crippen LogP contribution in [0.3, 0.4) is 0 Å². The van der Waals surface area contributed by atoms with Crippen LogP contribution in [0.25, 0.3) is 17.2 Å². The highest BCUT2D eigenvalue weighted by Crippen LogP contribution is 2.44. The van der Waals surface area contributed by atoms with E-state index < -0.39 is 24.4 Å². The molecular weight excluding hydrogens is 493 g/mol. The van der Waals surface area contributed by atoms with Gasteiger partial charge in [-0.05, 0) is 73.1 Å². The lowest BCUT2D eigenvalue weighted by atomic mass is 9.77. The Morgan fingerprint density at radius 1 is 0.923 bits per heavy atom. The lowest BCUT2D eigenvalue weighted by molar-refractivity contribution is 0.00578. The molecule has 0 spiro atoms. The molecule has 1 amide bonds. The highest BCUT2D eigenvalue weighted by atomic mass is 16.7. The number of alkyl carbamates (subject to hydrolysis) is 1. The van der Waals surface area contributed by atoms with Gasteiger partial charge in [0.05, 0.1) is 11.2 Å². The molecule has 1 aliphatic carbocycles. The van der Waals surface area contributed by atoms with Crippen LogP contribution in [0.4, 0.5) is 4.79 Å². The minimum absolute atomic E-state index is 0.00473. The van der Waals surface area contributed by atoms with Gasteiger partial charge in [-0.15, -0.1) is 0 Å². The van der Waals surface area contributed by atoms with Crippen LogP contribution in [0, 0.1) is 0 Å². The zero-order valence-corrected chi connectivity index (χ0v) is 22.7. The molecular formula is C31H32BNO6. The molecule has 3 aliphatic rings. The summed E-state index contributed by atoms with van der Waals surface area (Å²) in [5.41, 5.74) is 5.34. The van der Waals surface area contributed by atoms with Crippen molar-refractivity contribution in [2.24, 2.45) is 0 Å². The number of carbonyl (C=O) groups is 1. The summed E-state index contributed by atoms with van der Waals surface area (Å²) < 4.78 is 29.3. The fourth-order valence-electron chi connectivity index (χ4n) is 5.24. The van der Waals surface area contributed by atoms with Gasteiger partial charge in [-0.25, -0.2) is 4.79 Å². The smallest absolute Gasteiger partial charge is 0.454 e. The largest absolute Gasteiger partial charge is 0.492 e. The molecule has 7 nitrogen and oxygen atoms in total. The van der Waals surface area contributed by atoms with Gasteiger partial charge in [0.25, 0.3) is 0 Å². The molecule has 0 unspecified atom stereocenters. The Labute approximate surface area is 229 Å². The van der Waals surface area contributed by atoms with Gasteiger partial charge in [0.15, 0.2) is 11.5 Å². The van der Waals surface area contributed by atoms with Crippen molar-refractivity contribution >= 4 is 19.3 Å². The molecule has 3 aromatic carbocycles. The zero-order chi connectivity index (χ0) is 27.2. The second-order valence-corrected chi connectivity index (χ2v) is 11.1. The molecule has 1 saturated heterocycles. The molecule has 39 heavy (non-hydrogen) atoms. The van der Waals surface area contributed by atoms with Crippen LogP contribution in [0.1, 0.15) is 50.3 Å². The lowest BCUT2D eigenvalue weighted by Gasteiger charge is -2.32. The Kier molecular flexibility index (Phi) is 6.40. The number of benzene rings is 3. The first-order valence-electron chi connectivity index (χ1n) is 13.3. The van der Waals surface area contributed by atoms with E-state index in [0.717, 1.165) is 11.0 Å². The van der Waals surface area contributed by atoms with E-state index in [2.05, 4.69) is 29.6 Å². The third-order valence-corrected chi connectivity index (χ3v) is 8.09. The molecule has 0 aromatic heterocycles.